The zero-order chi connectivity index (χ0) is 15.5. The molecule has 0 radical (unpaired) electrons. The number of carbonyl (C=O) groups excluding carboxylic acids is 1. The van der Waals surface area contributed by atoms with E-state index in [0.29, 0.717) is 18.0 Å². The number of nitrogens with one attached hydrogen (secondary N) is 1. The van der Waals surface area contributed by atoms with Gasteiger partial charge in [0.1, 0.15) is 9.88 Å². The molecule has 2 aromatic rings. The topological polar surface area (TPSA) is 72.3 Å². The van der Waals surface area contributed by atoms with Gasteiger partial charge in [0.05, 0.1) is 25.1 Å². The minimum atomic E-state index is -0.107. The molecule has 2 aromatic heterocycles. The van der Waals surface area contributed by atoms with E-state index in [4.69, 9.17) is 4.74 Å². The van der Waals surface area contributed by atoms with Crippen LogP contribution in [0.2, 0.25) is 0 Å². The molecule has 0 aliphatic carbocycles. The fourth-order valence-electron chi connectivity index (χ4n) is 2.33. The number of nitrogens with zero attached hydrogens (tertiary/aromatic N) is 4. The molecule has 1 saturated heterocycles. The highest BCUT2D eigenvalue weighted by atomic mass is 32.1. The van der Waals surface area contributed by atoms with Crippen molar-refractivity contribution in [2.45, 2.75) is 6.10 Å². The van der Waals surface area contributed by atoms with E-state index in [9.17, 15) is 4.79 Å². The van der Waals surface area contributed by atoms with Crippen molar-refractivity contribution in [1.29, 1.82) is 0 Å². The molecule has 0 spiro atoms. The summed E-state index contributed by atoms with van der Waals surface area (Å²) in [4.78, 5) is 19.3. The van der Waals surface area contributed by atoms with Crippen LogP contribution in [0.1, 0.15) is 9.67 Å². The third-order valence-electron chi connectivity index (χ3n) is 3.51. The van der Waals surface area contributed by atoms with Crippen LogP contribution in [0.25, 0.3) is 10.6 Å². The van der Waals surface area contributed by atoms with Gasteiger partial charge in [0.2, 0.25) is 0 Å². The van der Waals surface area contributed by atoms with Gasteiger partial charge in [-0.1, -0.05) is 0 Å². The SMILES string of the molecule is CN1CCOC(CNC(=O)c2cnc(-c3cnn(C)c3)s2)C1. The molecule has 1 N–H and O–H groups in total. The number of aryl methyl sites for hydroxylation is 1. The number of morpholine rings is 1. The van der Waals surface area contributed by atoms with Crippen LogP contribution in [-0.4, -0.2) is 65.0 Å². The van der Waals surface area contributed by atoms with Crippen molar-refractivity contribution >= 4 is 17.2 Å². The molecule has 1 atom stereocenters. The number of ether oxygens (including phenoxy) is 1. The van der Waals surface area contributed by atoms with Crippen LogP contribution >= 0.6 is 11.3 Å². The van der Waals surface area contributed by atoms with E-state index in [1.807, 2.05) is 13.2 Å². The van der Waals surface area contributed by atoms with Gasteiger partial charge in [0, 0.05) is 38.4 Å². The number of hydrogen-bond donors (Lipinski definition) is 1. The van der Waals surface area contributed by atoms with Crippen molar-refractivity contribution in [3.8, 4) is 10.6 Å². The zero-order valence-corrected chi connectivity index (χ0v) is 13.5. The molecule has 7 nitrogen and oxygen atoms in total. The van der Waals surface area contributed by atoms with Crippen LogP contribution in [0, 0.1) is 0 Å². The van der Waals surface area contributed by atoms with Crippen LogP contribution < -0.4 is 5.32 Å². The average molecular weight is 321 g/mol. The maximum absolute atomic E-state index is 12.2. The van der Waals surface area contributed by atoms with Crippen molar-refractivity contribution in [3.63, 3.8) is 0 Å². The molecular formula is C14H19N5O2S. The number of carbonyl (C=O) groups is 1. The monoisotopic (exact) mass is 321 g/mol. The van der Waals surface area contributed by atoms with Crippen LogP contribution in [0.3, 0.4) is 0 Å². The molecule has 1 aliphatic heterocycles. The van der Waals surface area contributed by atoms with Gasteiger partial charge in [-0.3, -0.25) is 9.48 Å². The van der Waals surface area contributed by atoms with Crippen molar-refractivity contribution < 1.29 is 9.53 Å². The second kappa shape index (κ2) is 6.55. The maximum atomic E-state index is 12.2. The number of aromatic nitrogens is 3. The van der Waals surface area contributed by atoms with Gasteiger partial charge in [-0.15, -0.1) is 11.3 Å². The quantitative estimate of drug-likeness (QED) is 0.893. The van der Waals surface area contributed by atoms with E-state index in [-0.39, 0.29) is 12.0 Å². The largest absolute Gasteiger partial charge is 0.374 e. The Kier molecular flexibility index (Phi) is 4.51. The van der Waals surface area contributed by atoms with Crippen LogP contribution in [0.4, 0.5) is 0 Å². The molecule has 118 valence electrons. The maximum Gasteiger partial charge on any atom is 0.263 e. The van der Waals surface area contributed by atoms with Crippen LogP contribution in [0.15, 0.2) is 18.6 Å². The van der Waals surface area contributed by atoms with Crippen molar-refractivity contribution in [1.82, 2.24) is 25.0 Å². The number of rotatable bonds is 4. The van der Waals surface area contributed by atoms with E-state index in [1.54, 1.807) is 17.1 Å². The average Bonchev–Trinajstić information content (AvgIpc) is 3.13. The molecular weight excluding hydrogens is 302 g/mol. The normalized spacial score (nSPS) is 19.3. The lowest BCUT2D eigenvalue weighted by molar-refractivity contribution is -0.0174. The van der Waals surface area contributed by atoms with Crippen LogP contribution in [-0.2, 0) is 11.8 Å². The Morgan fingerprint density at radius 3 is 3.09 bits per heavy atom. The molecule has 22 heavy (non-hydrogen) atoms. The summed E-state index contributed by atoms with van der Waals surface area (Å²) < 4.78 is 7.35. The summed E-state index contributed by atoms with van der Waals surface area (Å²) >= 11 is 1.37. The first-order chi connectivity index (χ1) is 10.6. The molecule has 0 saturated carbocycles. The third kappa shape index (κ3) is 3.52. The van der Waals surface area contributed by atoms with Gasteiger partial charge in [-0.25, -0.2) is 4.98 Å². The summed E-state index contributed by atoms with van der Waals surface area (Å²) in [5.41, 5.74) is 0.920. The Labute approximate surface area is 132 Å². The predicted octanol–water partition coefficient (Wildman–Crippen LogP) is 0.604. The van der Waals surface area contributed by atoms with E-state index in [1.165, 1.54) is 11.3 Å². The summed E-state index contributed by atoms with van der Waals surface area (Å²) in [5.74, 6) is -0.107. The van der Waals surface area contributed by atoms with E-state index < -0.39 is 0 Å². The molecule has 0 aromatic carbocycles. The number of hydrogen-bond acceptors (Lipinski definition) is 6. The molecule has 1 fully saturated rings. The van der Waals surface area contributed by atoms with Gasteiger partial charge in [-0.05, 0) is 7.05 Å². The number of amides is 1. The minimum absolute atomic E-state index is 0.0495. The Bertz CT molecular complexity index is 653. The Hall–Kier alpha value is -1.77. The molecule has 8 heteroatoms. The summed E-state index contributed by atoms with van der Waals surface area (Å²) in [5, 5.41) is 7.83. The highest BCUT2D eigenvalue weighted by Crippen LogP contribution is 2.24. The molecule has 3 heterocycles. The highest BCUT2D eigenvalue weighted by molar-refractivity contribution is 7.16. The first-order valence-corrected chi connectivity index (χ1v) is 7.96. The lowest BCUT2D eigenvalue weighted by Crippen LogP contribution is -2.45. The number of likely N-dealkylation sites (N-methyl/N-ethyl adjacent to an activating group) is 1. The summed E-state index contributed by atoms with van der Waals surface area (Å²) in [6.07, 6.45) is 5.28. The van der Waals surface area contributed by atoms with Crippen molar-refractivity contribution in [3.05, 3.63) is 23.5 Å². The molecule has 0 bridgehead atoms. The van der Waals surface area contributed by atoms with Gasteiger partial charge < -0.3 is 15.0 Å². The lowest BCUT2D eigenvalue weighted by Gasteiger charge is -2.29. The Morgan fingerprint density at radius 2 is 2.36 bits per heavy atom. The van der Waals surface area contributed by atoms with E-state index in [2.05, 4.69) is 27.3 Å². The predicted molar refractivity (Wildman–Crippen MR) is 83.9 cm³/mol. The standard InChI is InChI=1S/C14H19N5O2S/c1-18-3-4-21-11(9-18)6-15-13(20)12-7-16-14(22-12)10-5-17-19(2)8-10/h5,7-8,11H,3-4,6,9H2,1-2H3,(H,15,20). The fraction of sp³-hybridized carbons (Fsp3) is 0.500. The van der Waals surface area contributed by atoms with Gasteiger partial charge in [-0.2, -0.15) is 5.10 Å². The molecule has 1 unspecified atom stereocenters. The molecule has 3 rings (SSSR count). The molecule has 1 amide bonds. The van der Waals surface area contributed by atoms with Crippen molar-refractivity contribution in [2.75, 3.05) is 33.3 Å². The summed E-state index contributed by atoms with van der Waals surface area (Å²) in [7, 11) is 3.91. The van der Waals surface area contributed by atoms with Gasteiger partial charge >= 0.3 is 0 Å². The van der Waals surface area contributed by atoms with Gasteiger partial charge in [0.15, 0.2) is 0 Å². The van der Waals surface area contributed by atoms with E-state index in [0.717, 1.165) is 23.7 Å². The molecule has 1 aliphatic rings. The zero-order valence-electron chi connectivity index (χ0n) is 12.7. The Balaban J connectivity index is 1.57. The second-order valence-corrected chi connectivity index (χ2v) is 6.43. The first kappa shape index (κ1) is 15.1. The second-order valence-electron chi connectivity index (χ2n) is 5.40. The highest BCUT2D eigenvalue weighted by Gasteiger charge is 2.19. The smallest absolute Gasteiger partial charge is 0.263 e. The number of thiazole rings is 1. The van der Waals surface area contributed by atoms with E-state index >= 15 is 0 Å². The fourth-order valence-corrected chi connectivity index (χ4v) is 3.14. The van der Waals surface area contributed by atoms with Gasteiger partial charge in [0.25, 0.3) is 5.91 Å². The first-order valence-electron chi connectivity index (χ1n) is 7.15. The van der Waals surface area contributed by atoms with Crippen molar-refractivity contribution in [2.24, 2.45) is 7.05 Å². The minimum Gasteiger partial charge on any atom is -0.374 e. The summed E-state index contributed by atoms with van der Waals surface area (Å²) in [6.45, 7) is 3.00. The lowest BCUT2D eigenvalue weighted by atomic mass is 10.3. The third-order valence-corrected chi connectivity index (χ3v) is 4.56. The summed E-state index contributed by atoms with van der Waals surface area (Å²) in [6, 6.07) is 0. The van der Waals surface area contributed by atoms with Crippen LogP contribution in [0.5, 0.6) is 0 Å². The Morgan fingerprint density at radius 1 is 1.50 bits per heavy atom.